The fourth-order valence-corrected chi connectivity index (χ4v) is 2.45. The Hall–Kier alpha value is 0.430. The van der Waals surface area contributed by atoms with Gasteiger partial charge in [0.15, 0.2) is 0 Å². The molecule has 0 spiro atoms. The molecule has 0 aliphatic rings. The number of hydrogen-bond acceptors (Lipinski definition) is 2. The zero-order valence-corrected chi connectivity index (χ0v) is 10.0. The van der Waals surface area contributed by atoms with Crippen LogP contribution in [0, 0.1) is 0 Å². The van der Waals surface area contributed by atoms with Gasteiger partial charge in [-0.05, 0) is 40.0 Å². The minimum absolute atomic E-state index is 0.696. The van der Waals surface area contributed by atoms with Crippen LogP contribution < -0.4 is 0 Å². The first-order valence-electron chi connectivity index (χ1n) is 3.70. The average Bonchev–Trinajstić information content (AvgIpc) is 2.36. The summed E-state index contributed by atoms with van der Waals surface area (Å²) in [6.45, 7) is 1.92. The molecule has 1 heterocycles. The number of hydrogen-bond donors (Lipinski definition) is 0. The van der Waals surface area contributed by atoms with Gasteiger partial charge in [0.25, 0.3) is 0 Å². The predicted molar refractivity (Wildman–Crippen MR) is 59.1 cm³/mol. The van der Waals surface area contributed by atoms with Crippen molar-refractivity contribution in [3.63, 3.8) is 0 Å². The molecular formula is C8H11BrClNS. The highest BCUT2D eigenvalue weighted by atomic mass is 79.9. The van der Waals surface area contributed by atoms with E-state index in [0.717, 1.165) is 13.1 Å². The number of alkyl halides is 1. The maximum atomic E-state index is 5.62. The number of thiophene rings is 1. The van der Waals surface area contributed by atoms with E-state index in [1.807, 2.05) is 0 Å². The predicted octanol–water partition coefficient (Wildman–Crippen LogP) is 3.18. The van der Waals surface area contributed by atoms with Gasteiger partial charge in [0.05, 0.1) is 3.79 Å². The van der Waals surface area contributed by atoms with Crippen molar-refractivity contribution in [1.82, 2.24) is 4.90 Å². The van der Waals surface area contributed by atoms with E-state index in [4.69, 9.17) is 11.6 Å². The van der Waals surface area contributed by atoms with Gasteiger partial charge in [0, 0.05) is 19.0 Å². The molecule has 0 aliphatic carbocycles. The smallest absolute Gasteiger partial charge is 0.0701 e. The van der Waals surface area contributed by atoms with Crippen molar-refractivity contribution < 1.29 is 0 Å². The standard InChI is InChI=1S/C8H11BrClNS/c1-11(3-2-10)5-7-4-8(9)12-6-7/h4,6H,2-3,5H2,1H3. The lowest BCUT2D eigenvalue weighted by molar-refractivity contribution is 0.348. The molecule has 0 bridgehead atoms. The Morgan fingerprint density at radius 3 is 2.92 bits per heavy atom. The molecule has 0 unspecified atom stereocenters. The first-order valence-corrected chi connectivity index (χ1v) is 5.90. The van der Waals surface area contributed by atoms with Gasteiger partial charge >= 0.3 is 0 Å². The Bertz CT molecular complexity index is 239. The van der Waals surface area contributed by atoms with Gasteiger partial charge in [0.2, 0.25) is 0 Å². The quantitative estimate of drug-likeness (QED) is 0.758. The summed E-state index contributed by atoms with van der Waals surface area (Å²) in [7, 11) is 2.08. The zero-order valence-electron chi connectivity index (χ0n) is 6.89. The molecule has 0 N–H and O–H groups in total. The molecule has 0 radical (unpaired) electrons. The SMILES string of the molecule is CN(CCCl)Cc1csc(Br)c1. The fourth-order valence-electron chi connectivity index (χ4n) is 0.964. The maximum absolute atomic E-state index is 5.62. The summed E-state index contributed by atoms with van der Waals surface area (Å²) in [5.74, 6) is 0.696. The van der Waals surface area contributed by atoms with Crippen LogP contribution in [0.2, 0.25) is 0 Å². The maximum Gasteiger partial charge on any atom is 0.0701 e. The molecule has 1 nitrogen and oxygen atoms in total. The lowest BCUT2D eigenvalue weighted by Crippen LogP contribution is -2.19. The van der Waals surface area contributed by atoms with Gasteiger partial charge in [-0.25, -0.2) is 0 Å². The summed E-state index contributed by atoms with van der Waals surface area (Å²) in [5.41, 5.74) is 1.35. The highest BCUT2D eigenvalue weighted by Gasteiger charge is 2.01. The molecule has 0 saturated heterocycles. The topological polar surface area (TPSA) is 3.24 Å². The van der Waals surface area contributed by atoms with Crippen LogP contribution in [0.15, 0.2) is 15.2 Å². The normalized spacial score (nSPS) is 11.0. The zero-order chi connectivity index (χ0) is 8.97. The van der Waals surface area contributed by atoms with Crippen molar-refractivity contribution in [2.24, 2.45) is 0 Å². The van der Waals surface area contributed by atoms with Crippen molar-refractivity contribution in [3.05, 3.63) is 20.8 Å². The van der Waals surface area contributed by atoms with Gasteiger partial charge in [-0.1, -0.05) is 0 Å². The lowest BCUT2D eigenvalue weighted by atomic mass is 10.3. The second-order valence-electron chi connectivity index (χ2n) is 2.69. The molecule has 1 aromatic rings. The largest absolute Gasteiger partial charge is 0.301 e. The van der Waals surface area contributed by atoms with E-state index in [1.165, 1.54) is 9.35 Å². The van der Waals surface area contributed by atoms with Gasteiger partial charge in [0.1, 0.15) is 0 Å². The Morgan fingerprint density at radius 2 is 2.42 bits per heavy atom. The summed E-state index contributed by atoms with van der Waals surface area (Å²) in [6.07, 6.45) is 0. The van der Waals surface area contributed by atoms with E-state index < -0.39 is 0 Å². The summed E-state index contributed by atoms with van der Waals surface area (Å²) in [6, 6.07) is 2.15. The molecule has 0 atom stereocenters. The molecule has 1 aromatic heterocycles. The van der Waals surface area contributed by atoms with E-state index in [-0.39, 0.29) is 0 Å². The fraction of sp³-hybridized carbons (Fsp3) is 0.500. The highest BCUT2D eigenvalue weighted by Crippen LogP contribution is 2.21. The van der Waals surface area contributed by atoms with Crippen LogP contribution in [-0.2, 0) is 6.54 Å². The van der Waals surface area contributed by atoms with Crippen molar-refractivity contribution in [2.45, 2.75) is 6.54 Å². The summed E-state index contributed by atoms with van der Waals surface area (Å²) in [4.78, 5) is 2.21. The second-order valence-corrected chi connectivity index (χ2v) is 5.35. The van der Waals surface area contributed by atoms with E-state index in [2.05, 4.69) is 39.3 Å². The third-order valence-corrected chi connectivity index (χ3v) is 3.26. The van der Waals surface area contributed by atoms with Crippen molar-refractivity contribution >= 4 is 38.9 Å². The third-order valence-electron chi connectivity index (χ3n) is 1.54. The van der Waals surface area contributed by atoms with E-state index in [1.54, 1.807) is 11.3 Å². The van der Waals surface area contributed by atoms with Gasteiger partial charge < -0.3 is 4.90 Å². The Morgan fingerprint density at radius 1 is 1.67 bits per heavy atom. The van der Waals surface area contributed by atoms with E-state index in [0.29, 0.717) is 5.88 Å². The first-order chi connectivity index (χ1) is 5.72. The van der Waals surface area contributed by atoms with Gasteiger partial charge in [-0.3, -0.25) is 0 Å². The monoisotopic (exact) mass is 267 g/mol. The van der Waals surface area contributed by atoms with Crippen molar-refractivity contribution in [2.75, 3.05) is 19.5 Å². The number of nitrogens with zero attached hydrogens (tertiary/aromatic N) is 1. The average molecular weight is 269 g/mol. The molecule has 12 heavy (non-hydrogen) atoms. The second kappa shape index (κ2) is 5.22. The summed E-state index contributed by atoms with van der Waals surface area (Å²) >= 11 is 10.8. The molecule has 0 fully saturated rings. The van der Waals surface area contributed by atoms with Crippen LogP contribution >= 0.6 is 38.9 Å². The van der Waals surface area contributed by atoms with Crippen LogP contribution in [0.25, 0.3) is 0 Å². The molecular weight excluding hydrogens is 258 g/mol. The lowest BCUT2D eigenvalue weighted by Gasteiger charge is -2.12. The first kappa shape index (κ1) is 10.5. The Labute approximate surface area is 90.5 Å². The van der Waals surface area contributed by atoms with E-state index in [9.17, 15) is 0 Å². The van der Waals surface area contributed by atoms with Gasteiger partial charge in [-0.2, -0.15) is 0 Å². The molecule has 0 aliphatic heterocycles. The summed E-state index contributed by atoms with van der Waals surface area (Å²) in [5, 5.41) is 2.16. The van der Waals surface area contributed by atoms with Crippen molar-refractivity contribution in [3.8, 4) is 0 Å². The van der Waals surface area contributed by atoms with Crippen LogP contribution in [-0.4, -0.2) is 24.4 Å². The number of halogens is 2. The molecule has 1 rings (SSSR count). The minimum Gasteiger partial charge on any atom is -0.301 e. The highest BCUT2D eigenvalue weighted by molar-refractivity contribution is 9.11. The van der Waals surface area contributed by atoms with Crippen LogP contribution in [0.3, 0.4) is 0 Å². The van der Waals surface area contributed by atoms with Gasteiger partial charge in [-0.15, -0.1) is 22.9 Å². The number of rotatable bonds is 4. The summed E-state index contributed by atoms with van der Waals surface area (Å²) < 4.78 is 1.19. The van der Waals surface area contributed by atoms with Crippen LogP contribution in [0.1, 0.15) is 5.56 Å². The van der Waals surface area contributed by atoms with E-state index >= 15 is 0 Å². The molecule has 0 amide bonds. The van der Waals surface area contributed by atoms with Crippen molar-refractivity contribution in [1.29, 1.82) is 0 Å². The van der Waals surface area contributed by atoms with Crippen LogP contribution in [0.4, 0.5) is 0 Å². The molecule has 0 aromatic carbocycles. The molecule has 4 heteroatoms. The molecule has 0 saturated carbocycles. The Kier molecular flexibility index (Phi) is 4.57. The van der Waals surface area contributed by atoms with Crippen LogP contribution in [0.5, 0.6) is 0 Å². The third kappa shape index (κ3) is 3.44. The minimum atomic E-state index is 0.696. The Balaban J connectivity index is 2.41. The molecule has 68 valence electrons.